The molecular formula is C35H54O4. The maximum absolute atomic E-state index is 11.8. The molecule has 0 unspecified atom stereocenters. The van der Waals surface area contributed by atoms with Crippen molar-refractivity contribution in [3.05, 3.63) is 12.2 Å². The summed E-state index contributed by atoms with van der Waals surface area (Å²) in [5.74, 6) is 7.66. The van der Waals surface area contributed by atoms with Crippen molar-refractivity contribution in [2.75, 3.05) is 14.2 Å². The highest BCUT2D eigenvalue weighted by Gasteiger charge is 2.71. The van der Waals surface area contributed by atoms with E-state index in [9.17, 15) is 9.90 Å². The summed E-state index contributed by atoms with van der Waals surface area (Å²) < 4.78 is 10.8. The fourth-order valence-electron chi connectivity index (χ4n) is 12.4. The lowest BCUT2D eigenvalue weighted by Crippen LogP contribution is -2.67. The first-order chi connectivity index (χ1) is 18.2. The Labute approximate surface area is 238 Å². The van der Waals surface area contributed by atoms with E-state index in [1.54, 1.807) is 0 Å². The highest BCUT2D eigenvalue weighted by molar-refractivity contribution is 5.88. The third-order valence-corrected chi connectivity index (χ3v) is 14.4. The SMILES string of the molecule is C=C(C)[C@@H]1CC[C@]2([C@H](O)C#CC(=O)OC)CC[C@]3(C)[C@H](CC[C@@H]4[C@@]5(C)CC[C@H](OC)C(C)(C)[C@@H]5CC[C@]43C)[C@@H]12. The molecule has 5 rings (SSSR count). The number of hydrogen-bond donors (Lipinski definition) is 1. The van der Waals surface area contributed by atoms with E-state index in [0.717, 1.165) is 32.1 Å². The number of carbonyl (C=O) groups excluding carboxylic acids is 1. The fraction of sp³-hybridized carbons (Fsp3) is 0.857. The summed E-state index contributed by atoms with van der Waals surface area (Å²) in [5, 5.41) is 11.6. The van der Waals surface area contributed by atoms with Crippen LogP contribution >= 0.6 is 0 Å². The van der Waals surface area contributed by atoms with Gasteiger partial charge >= 0.3 is 5.97 Å². The lowest BCUT2D eigenvalue weighted by molar-refractivity contribution is -0.253. The Balaban J connectivity index is 1.53. The van der Waals surface area contributed by atoms with Crippen LogP contribution < -0.4 is 0 Å². The van der Waals surface area contributed by atoms with Crippen LogP contribution in [-0.4, -0.2) is 37.5 Å². The topological polar surface area (TPSA) is 55.8 Å². The number of fused-ring (bicyclic) bond motifs is 7. The summed E-state index contributed by atoms with van der Waals surface area (Å²) in [7, 11) is 3.26. The molecule has 0 heterocycles. The van der Waals surface area contributed by atoms with Gasteiger partial charge in [0.15, 0.2) is 0 Å². The summed E-state index contributed by atoms with van der Waals surface area (Å²) in [4.78, 5) is 11.8. The van der Waals surface area contributed by atoms with Gasteiger partial charge in [0.05, 0.1) is 13.2 Å². The van der Waals surface area contributed by atoms with Gasteiger partial charge in [-0.15, -0.1) is 0 Å². The van der Waals surface area contributed by atoms with Crippen LogP contribution in [0.3, 0.4) is 0 Å². The molecule has 4 nitrogen and oxygen atoms in total. The predicted octanol–water partition coefficient (Wildman–Crippen LogP) is 7.20. The zero-order valence-electron chi connectivity index (χ0n) is 26.0. The van der Waals surface area contributed by atoms with Gasteiger partial charge in [-0.1, -0.05) is 52.7 Å². The Kier molecular flexibility index (Phi) is 7.20. The molecule has 4 heteroatoms. The van der Waals surface area contributed by atoms with Crippen LogP contribution in [0.2, 0.25) is 0 Å². The monoisotopic (exact) mass is 538 g/mol. The lowest BCUT2D eigenvalue weighted by atomic mass is 9.32. The van der Waals surface area contributed by atoms with Gasteiger partial charge in [-0.25, -0.2) is 4.79 Å². The molecule has 0 spiro atoms. The molecule has 5 aliphatic rings. The molecule has 0 aliphatic heterocycles. The third kappa shape index (κ3) is 3.88. The van der Waals surface area contributed by atoms with Crippen molar-refractivity contribution >= 4 is 5.97 Å². The number of hydrogen-bond acceptors (Lipinski definition) is 4. The molecule has 1 N–H and O–H groups in total. The van der Waals surface area contributed by atoms with Crippen molar-refractivity contribution in [1.82, 2.24) is 0 Å². The van der Waals surface area contributed by atoms with E-state index >= 15 is 0 Å². The largest absolute Gasteiger partial charge is 0.459 e. The average Bonchev–Trinajstić information content (AvgIpc) is 3.28. The molecule has 0 bridgehead atoms. The minimum Gasteiger partial charge on any atom is -0.459 e. The molecule has 0 amide bonds. The van der Waals surface area contributed by atoms with Crippen molar-refractivity contribution in [3.63, 3.8) is 0 Å². The number of esters is 1. The van der Waals surface area contributed by atoms with Gasteiger partial charge in [0.2, 0.25) is 0 Å². The maximum atomic E-state index is 11.8. The van der Waals surface area contributed by atoms with Gasteiger partial charge in [0.1, 0.15) is 6.10 Å². The van der Waals surface area contributed by atoms with Crippen LogP contribution in [0.15, 0.2) is 12.2 Å². The minimum atomic E-state index is -0.806. The van der Waals surface area contributed by atoms with E-state index < -0.39 is 12.1 Å². The standard InChI is InChI=1S/C35H54O4/c1-22(2)23-14-19-35(27(36)12-13-29(37)39-9)21-20-33(6)24(30(23)35)10-11-26-32(5)17-16-28(38-8)31(3,4)25(32)15-18-34(26,33)7/h23-28,30,36H,1,10-11,14-21H2,2-9H3/t23-,24+,25-,26+,27+,28-,30+,32-,33+,34+,35+/m0/s1. The Morgan fingerprint density at radius 1 is 0.897 bits per heavy atom. The van der Waals surface area contributed by atoms with Crippen LogP contribution in [0.4, 0.5) is 0 Å². The molecule has 11 atom stereocenters. The maximum Gasteiger partial charge on any atom is 0.384 e. The van der Waals surface area contributed by atoms with E-state index in [-0.39, 0.29) is 21.7 Å². The van der Waals surface area contributed by atoms with Crippen LogP contribution in [0, 0.1) is 68.5 Å². The van der Waals surface area contributed by atoms with E-state index in [4.69, 9.17) is 9.47 Å². The summed E-state index contributed by atoms with van der Waals surface area (Å²) in [6.45, 7) is 19.5. The number of rotatable bonds is 3. The molecule has 5 aliphatic carbocycles. The molecule has 5 fully saturated rings. The second-order valence-corrected chi connectivity index (χ2v) is 15.7. The van der Waals surface area contributed by atoms with Gasteiger partial charge < -0.3 is 14.6 Å². The van der Waals surface area contributed by atoms with Crippen molar-refractivity contribution in [3.8, 4) is 11.8 Å². The second kappa shape index (κ2) is 9.62. The Morgan fingerprint density at radius 2 is 1.62 bits per heavy atom. The average molecular weight is 539 g/mol. The number of carbonyl (C=O) groups is 1. The number of methoxy groups -OCH3 is 2. The molecule has 218 valence electrons. The van der Waals surface area contributed by atoms with E-state index in [2.05, 4.69) is 60.0 Å². The van der Waals surface area contributed by atoms with Crippen molar-refractivity contribution < 1.29 is 19.4 Å². The van der Waals surface area contributed by atoms with Crippen LogP contribution in [-0.2, 0) is 14.3 Å². The zero-order chi connectivity index (χ0) is 28.6. The van der Waals surface area contributed by atoms with E-state index in [1.807, 2.05) is 7.11 Å². The molecule has 0 saturated heterocycles. The highest BCUT2D eigenvalue weighted by atomic mass is 16.5. The van der Waals surface area contributed by atoms with Gasteiger partial charge in [0, 0.05) is 18.4 Å². The molecule has 0 aromatic heterocycles. The van der Waals surface area contributed by atoms with Gasteiger partial charge in [-0.2, -0.15) is 0 Å². The third-order valence-electron chi connectivity index (χ3n) is 14.4. The first kappa shape index (κ1) is 29.2. The van der Waals surface area contributed by atoms with Crippen LogP contribution in [0.1, 0.15) is 106 Å². The van der Waals surface area contributed by atoms with Gasteiger partial charge in [-0.3, -0.25) is 0 Å². The van der Waals surface area contributed by atoms with Crippen LogP contribution in [0.5, 0.6) is 0 Å². The number of aliphatic hydroxyl groups excluding tert-OH is 1. The van der Waals surface area contributed by atoms with Crippen molar-refractivity contribution in [1.29, 1.82) is 0 Å². The molecule has 5 saturated carbocycles. The quantitative estimate of drug-likeness (QED) is 0.179. The fourth-order valence-corrected chi connectivity index (χ4v) is 12.4. The molecule has 39 heavy (non-hydrogen) atoms. The number of allylic oxidation sites excluding steroid dienone is 1. The summed E-state index contributed by atoms with van der Waals surface area (Å²) in [6.07, 6.45) is 11.2. The van der Waals surface area contributed by atoms with E-state index in [1.165, 1.54) is 44.8 Å². The summed E-state index contributed by atoms with van der Waals surface area (Å²) >= 11 is 0. The minimum absolute atomic E-state index is 0.196. The summed E-state index contributed by atoms with van der Waals surface area (Å²) in [6, 6.07) is 0. The predicted molar refractivity (Wildman–Crippen MR) is 156 cm³/mol. The zero-order valence-corrected chi connectivity index (χ0v) is 26.0. The van der Waals surface area contributed by atoms with Gasteiger partial charge in [0.25, 0.3) is 0 Å². The lowest BCUT2D eigenvalue weighted by Gasteiger charge is -2.73. The Hall–Kier alpha value is -1.31. The normalized spacial score (nSPS) is 48.7. The molecule has 0 aromatic rings. The first-order valence-corrected chi connectivity index (χ1v) is 15.7. The Morgan fingerprint density at radius 3 is 2.26 bits per heavy atom. The molecule has 0 aromatic carbocycles. The van der Waals surface area contributed by atoms with Gasteiger partial charge in [-0.05, 0) is 122 Å². The highest BCUT2D eigenvalue weighted by Crippen LogP contribution is 2.77. The molecular weight excluding hydrogens is 484 g/mol. The van der Waals surface area contributed by atoms with Crippen molar-refractivity contribution in [2.45, 2.75) is 118 Å². The number of ether oxygens (including phenoxy) is 2. The number of aliphatic hydroxyl groups is 1. The van der Waals surface area contributed by atoms with Crippen LogP contribution in [0.25, 0.3) is 0 Å². The first-order valence-electron chi connectivity index (χ1n) is 15.7. The molecule has 0 radical (unpaired) electrons. The second-order valence-electron chi connectivity index (χ2n) is 15.7. The van der Waals surface area contributed by atoms with Crippen molar-refractivity contribution in [2.24, 2.45) is 56.7 Å². The summed E-state index contributed by atoms with van der Waals surface area (Å²) in [5.41, 5.74) is 2.01. The van der Waals surface area contributed by atoms with E-state index in [0.29, 0.717) is 41.1 Å². The Bertz CT molecular complexity index is 1070. The smallest absolute Gasteiger partial charge is 0.384 e.